The van der Waals surface area contributed by atoms with Crippen molar-refractivity contribution in [1.82, 2.24) is 0 Å². The van der Waals surface area contributed by atoms with Crippen LogP contribution in [-0.4, -0.2) is 11.1 Å². The Morgan fingerprint density at radius 1 is 1.31 bits per heavy atom. The van der Waals surface area contributed by atoms with E-state index in [2.05, 4.69) is 5.10 Å². The van der Waals surface area contributed by atoms with Crippen LogP contribution in [-0.2, 0) is 6.42 Å². The molecule has 1 aliphatic rings. The first-order valence-electron chi connectivity index (χ1n) is 4.12. The van der Waals surface area contributed by atoms with Gasteiger partial charge in [-0.2, -0.15) is 0 Å². The van der Waals surface area contributed by atoms with E-state index in [-0.39, 0.29) is 0 Å². The number of nitrogens with zero attached hydrogens (tertiary/aromatic N) is 2. The molecule has 0 fully saturated rings. The molecule has 13 heavy (non-hydrogen) atoms. The van der Waals surface area contributed by atoms with E-state index in [0.29, 0.717) is 10.6 Å². The molecule has 64 valence electrons. The zero-order valence-corrected chi connectivity index (χ0v) is 7.05. The number of rotatable bonds is 0. The van der Waals surface area contributed by atoms with Crippen molar-refractivity contribution in [2.75, 3.05) is 0 Å². The van der Waals surface area contributed by atoms with Crippen LogP contribution in [0.5, 0.6) is 0 Å². The average Bonchev–Trinajstić information content (AvgIpc) is 2.14. The molecule has 1 aliphatic heterocycles. The van der Waals surface area contributed by atoms with Crippen molar-refractivity contribution in [3.8, 4) is 0 Å². The maximum atomic E-state index is 11.3. The summed E-state index contributed by atoms with van der Waals surface area (Å²) in [5, 5.41) is 3.69. The van der Waals surface area contributed by atoms with E-state index >= 15 is 0 Å². The van der Waals surface area contributed by atoms with E-state index in [1.165, 1.54) is 6.21 Å². The predicted molar refractivity (Wildman–Crippen MR) is 51.1 cm³/mol. The molecule has 0 bridgehead atoms. The van der Waals surface area contributed by atoms with Crippen LogP contribution in [0.2, 0.25) is 0 Å². The van der Waals surface area contributed by atoms with Crippen molar-refractivity contribution in [3.63, 3.8) is 0 Å². The maximum absolute atomic E-state index is 11.3. The van der Waals surface area contributed by atoms with E-state index in [9.17, 15) is 4.91 Å². The number of benzene rings is 1. The van der Waals surface area contributed by atoms with E-state index in [0.717, 1.165) is 12.0 Å². The lowest BCUT2D eigenvalue weighted by Gasteiger charge is -1.96. The molecule has 0 amide bonds. The Bertz CT molecular complexity index is 394. The lowest BCUT2D eigenvalue weighted by Crippen LogP contribution is -1.97. The van der Waals surface area contributed by atoms with Crippen LogP contribution in [0.3, 0.4) is 0 Å². The number of fused-ring (bicyclic) bond motifs is 1. The van der Waals surface area contributed by atoms with Crippen molar-refractivity contribution in [3.05, 3.63) is 46.9 Å². The number of allylic oxidation sites excluding steroid dienone is 2. The van der Waals surface area contributed by atoms with Crippen LogP contribution in [0, 0.1) is 4.91 Å². The van der Waals surface area contributed by atoms with E-state index in [4.69, 9.17) is 0 Å². The van der Waals surface area contributed by atoms with Crippen molar-refractivity contribution in [2.24, 2.45) is 5.10 Å². The van der Waals surface area contributed by atoms with E-state index < -0.39 is 0 Å². The SMILES string of the molecule is O=[N+]1/N=C\C=C/Cc2ccccc21. The summed E-state index contributed by atoms with van der Waals surface area (Å²) in [6.07, 6.45) is 6.04. The fourth-order valence-corrected chi connectivity index (χ4v) is 1.29. The van der Waals surface area contributed by atoms with Crippen molar-refractivity contribution in [1.29, 1.82) is 0 Å². The molecule has 0 saturated carbocycles. The number of para-hydroxylation sites is 1. The van der Waals surface area contributed by atoms with Gasteiger partial charge in [0.2, 0.25) is 0 Å². The van der Waals surface area contributed by atoms with Gasteiger partial charge in [0.25, 0.3) is 5.69 Å². The minimum Gasteiger partial charge on any atom is -0.0781 e. The maximum Gasteiger partial charge on any atom is 0.298 e. The molecular formula is C10H9N2O+. The largest absolute Gasteiger partial charge is 0.298 e. The van der Waals surface area contributed by atoms with Crippen molar-refractivity contribution < 1.29 is 4.87 Å². The molecule has 2 rings (SSSR count). The molecule has 0 N–H and O–H groups in total. The summed E-state index contributed by atoms with van der Waals surface area (Å²) in [6.45, 7) is 0. The molecule has 0 atom stereocenters. The third-order valence-electron chi connectivity index (χ3n) is 1.93. The second kappa shape index (κ2) is 3.31. The predicted octanol–water partition coefficient (Wildman–Crippen LogP) is 2.20. The number of hydrazone groups is 1. The monoisotopic (exact) mass is 173 g/mol. The summed E-state index contributed by atoms with van der Waals surface area (Å²) >= 11 is 0. The van der Waals surface area contributed by atoms with E-state index in [1.807, 2.05) is 24.3 Å². The van der Waals surface area contributed by atoms with Crippen LogP contribution in [0.15, 0.2) is 41.5 Å². The van der Waals surface area contributed by atoms with Gasteiger partial charge in [-0.05, 0) is 12.5 Å². The van der Waals surface area contributed by atoms with Crippen molar-refractivity contribution in [2.45, 2.75) is 6.42 Å². The summed E-state index contributed by atoms with van der Waals surface area (Å²) in [5.74, 6) is 0. The molecule has 0 aromatic heterocycles. The molecule has 0 unspecified atom stereocenters. The van der Waals surface area contributed by atoms with Crippen LogP contribution in [0.1, 0.15) is 5.56 Å². The fraction of sp³-hybridized carbons (Fsp3) is 0.100. The Morgan fingerprint density at radius 2 is 2.15 bits per heavy atom. The second-order valence-corrected chi connectivity index (χ2v) is 2.80. The quantitative estimate of drug-likeness (QED) is 0.553. The fourth-order valence-electron chi connectivity index (χ4n) is 1.29. The van der Waals surface area contributed by atoms with Gasteiger partial charge in [0.1, 0.15) is 0 Å². The van der Waals surface area contributed by atoms with Crippen LogP contribution >= 0.6 is 0 Å². The summed E-state index contributed by atoms with van der Waals surface area (Å²) in [5.41, 5.74) is 1.63. The Morgan fingerprint density at radius 3 is 3.08 bits per heavy atom. The first kappa shape index (κ1) is 7.86. The minimum absolute atomic E-state index is 0.628. The molecule has 3 nitrogen and oxygen atoms in total. The highest BCUT2D eigenvalue weighted by Gasteiger charge is 2.17. The first-order chi connectivity index (χ1) is 6.38. The van der Waals surface area contributed by atoms with Gasteiger partial charge >= 0.3 is 0 Å². The van der Waals surface area contributed by atoms with Crippen LogP contribution in [0.25, 0.3) is 0 Å². The minimum atomic E-state index is 0.628. The topological polar surface area (TPSA) is 32.4 Å². The van der Waals surface area contributed by atoms with Gasteiger partial charge < -0.3 is 0 Å². The molecular weight excluding hydrogens is 164 g/mol. The van der Waals surface area contributed by atoms with Gasteiger partial charge in [-0.25, -0.2) is 0 Å². The Labute approximate surface area is 76.0 Å². The third-order valence-corrected chi connectivity index (χ3v) is 1.93. The third kappa shape index (κ3) is 1.54. The molecule has 0 saturated heterocycles. The molecule has 0 aliphatic carbocycles. The van der Waals surface area contributed by atoms with Gasteiger partial charge in [0.15, 0.2) is 4.87 Å². The smallest absolute Gasteiger partial charge is 0.0781 e. The lowest BCUT2D eigenvalue weighted by molar-refractivity contribution is -0.467. The molecule has 3 heteroatoms. The highest BCUT2D eigenvalue weighted by Crippen LogP contribution is 2.19. The van der Waals surface area contributed by atoms with Crippen LogP contribution in [0.4, 0.5) is 5.69 Å². The standard InChI is InChI=1S/C10H9N2O/c13-12-10-7-2-1-5-9(10)6-3-4-8-11-12/h1-5,7-8H,6H2/q+1/b4-3-,11-8-. The van der Waals surface area contributed by atoms with Gasteiger partial charge in [0, 0.05) is 16.7 Å². The lowest BCUT2D eigenvalue weighted by atomic mass is 10.1. The zero-order valence-electron chi connectivity index (χ0n) is 7.05. The Kier molecular flexibility index (Phi) is 2.00. The first-order valence-corrected chi connectivity index (χ1v) is 4.12. The van der Waals surface area contributed by atoms with Crippen LogP contribution < -0.4 is 0 Å². The Balaban J connectivity index is 2.54. The van der Waals surface area contributed by atoms with Gasteiger partial charge in [-0.1, -0.05) is 24.3 Å². The summed E-state index contributed by atoms with van der Waals surface area (Å²) in [7, 11) is 0. The number of nitroso groups, excluding NO2 is 1. The highest BCUT2D eigenvalue weighted by atomic mass is 16.3. The summed E-state index contributed by atoms with van der Waals surface area (Å²) < 4.78 is 0. The Hall–Kier alpha value is -1.77. The van der Waals surface area contributed by atoms with Gasteiger partial charge in [0.05, 0.1) is 11.1 Å². The summed E-state index contributed by atoms with van der Waals surface area (Å²) in [4.78, 5) is 12.0. The van der Waals surface area contributed by atoms with Crippen molar-refractivity contribution >= 4 is 11.9 Å². The summed E-state index contributed by atoms with van der Waals surface area (Å²) in [6, 6.07) is 7.47. The molecule has 0 spiro atoms. The average molecular weight is 173 g/mol. The van der Waals surface area contributed by atoms with Gasteiger partial charge in [-0.15, -0.1) is 0 Å². The zero-order chi connectivity index (χ0) is 9.10. The van der Waals surface area contributed by atoms with Gasteiger partial charge in [-0.3, -0.25) is 0 Å². The second-order valence-electron chi connectivity index (χ2n) is 2.80. The number of hydrogen-bond donors (Lipinski definition) is 0. The number of hydrogen-bond acceptors (Lipinski definition) is 1. The van der Waals surface area contributed by atoms with E-state index in [1.54, 1.807) is 12.1 Å². The highest BCUT2D eigenvalue weighted by molar-refractivity contribution is 5.70. The normalized spacial score (nSPS) is 19.8. The molecule has 0 radical (unpaired) electrons. The molecule has 1 aromatic rings. The molecule has 1 heterocycles. The molecule has 1 aromatic carbocycles.